The Morgan fingerprint density at radius 2 is 1.81 bits per heavy atom. The van der Waals surface area contributed by atoms with Gasteiger partial charge >= 0.3 is 5.97 Å². The van der Waals surface area contributed by atoms with Gasteiger partial charge in [-0.15, -0.1) is 0 Å². The number of nitrogens with one attached hydrogen (secondary N) is 3. The highest BCUT2D eigenvalue weighted by atomic mass is 16.5. The SMILES string of the molecule is CCCc1c(C(=O)NCCNC(=O)C2CCCC2)[nH]c(C)c1C(=O)OC. The Hall–Kier alpha value is -2.31. The summed E-state index contributed by atoms with van der Waals surface area (Å²) in [5.74, 6) is -0.519. The van der Waals surface area contributed by atoms with Gasteiger partial charge in [-0.05, 0) is 31.7 Å². The molecule has 2 rings (SSSR count). The van der Waals surface area contributed by atoms with Crippen LogP contribution in [0.3, 0.4) is 0 Å². The lowest BCUT2D eigenvalue weighted by atomic mass is 10.0. The molecule has 0 unspecified atom stereocenters. The highest BCUT2D eigenvalue weighted by Crippen LogP contribution is 2.24. The summed E-state index contributed by atoms with van der Waals surface area (Å²) in [6.45, 7) is 4.48. The number of aromatic nitrogens is 1. The normalized spacial score (nSPS) is 14.3. The van der Waals surface area contributed by atoms with Crippen molar-refractivity contribution in [1.82, 2.24) is 15.6 Å². The van der Waals surface area contributed by atoms with Gasteiger partial charge in [0, 0.05) is 24.7 Å². The molecule has 1 aliphatic carbocycles. The van der Waals surface area contributed by atoms with E-state index in [1.54, 1.807) is 6.92 Å². The van der Waals surface area contributed by atoms with Crippen molar-refractivity contribution in [3.05, 3.63) is 22.5 Å². The first-order chi connectivity index (χ1) is 12.5. The van der Waals surface area contributed by atoms with E-state index in [2.05, 4.69) is 15.6 Å². The summed E-state index contributed by atoms with van der Waals surface area (Å²) in [7, 11) is 1.33. The third kappa shape index (κ3) is 4.65. The minimum Gasteiger partial charge on any atom is -0.465 e. The summed E-state index contributed by atoms with van der Waals surface area (Å²) in [5.41, 5.74) is 2.14. The lowest BCUT2D eigenvalue weighted by Gasteiger charge is -2.11. The molecule has 0 aliphatic heterocycles. The van der Waals surface area contributed by atoms with Gasteiger partial charge in [0.1, 0.15) is 5.69 Å². The molecular formula is C19H29N3O4. The van der Waals surface area contributed by atoms with Crippen LogP contribution in [0.2, 0.25) is 0 Å². The number of carbonyl (C=O) groups is 3. The first-order valence-corrected chi connectivity index (χ1v) is 9.35. The van der Waals surface area contributed by atoms with Crippen molar-refractivity contribution in [2.45, 2.75) is 52.4 Å². The van der Waals surface area contributed by atoms with E-state index in [9.17, 15) is 14.4 Å². The summed E-state index contributed by atoms with van der Waals surface area (Å²) in [4.78, 5) is 39.5. The van der Waals surface area contributed by atoms with E-state index in [-0.39, 0.29) is 17.7 Å². The predicted molar refractivity (Wildman–Crippen MR) is 98.2 cm³/mol. The van der Waals surface area contributed by atoms with Gasteiger partial charge in [0.2, 0.25) is 5.91 Å². The van der Waals surface area contributed by atoms with Gasteiger partial charge in [-0.1, -0.05) is 26.2 Å². The van der Waals surface area contributed by atoms with Crippen molar-refractivity contribution < 1.29 is 19.1 Å². The summed E-state index contributed by atoms with van der Waals surface area (Å²) in [5, 5.41) is 5.68. The van der Waals surface area contributed by atoms with E-state index in [1.165, 1.54) is 7.11 Å². The Bertz CT molecular complexity index is 660. The molecule has 1 saturated carbocycles. The topological polar surface area (TPSA) is 100 Å². The predicted octanol–water partition coefficient (Wildman–Crippen LogP) is 2.10. The largest absolute Gasteiger partial charge is 0.465 e. The number of ether oxygens (including phenoxy) is 1. The number of hydrogen-bond acceptors (Lipinski definition) is 4. The smallest absolute Gasteiger partial charge is 0.339 e. The van der Waals surface area contributed by atoms with Crippen molar-refractivity contribution in [2.24, 2.45) is 5.92 Å². The molecule has 0 radical (unpaired) electrons. The van der Waals surface area contributed by atoms with Crippen molar-refractivity contribution >= 4 is 17.8 Å². The third-order valence-corrected chi connectivity index (χ3v) is 4.84. The third-order valence-electron chi connectivity index (χ3n) is 4.84. The van der Waals surface area contributed by atoms with Gasteiger partial charge in [-0.2, -0.15) is 0 Å². The lowest BCUT2D eigenvalue weighted by molar-refractivity contribution is -0.124. The molecule has 3 N–H and O–H groups in total. The first-order valence-electron chi connectivity index (χ1n) is 9.35. The van der Waals surface area contributed by atoms with Crippen LogP contribution in [-0.2, 0) is 16.0 Å². The van der Waals surface area contributed by atoms with Crippen LogP contribution in [0.5, 0.6) is 0 Å². The van der Waals surface area contributed by atoms with Crippen LogP contribution in [0.1, 0.15) is 71.1 Å². The van der Waals surface area contributed by atoms with Gasteiger partial charge in [-0.25, -0.2) is 4.79 Å². The molecule has 0 atom stereocenters. The Morgan fingerprint density at radius 3 is 2.42 bits per heavy atom. The highest BCUT2D eigenvalue weighted by Gasteiger charge is 2.25. The number of carbonyl (C=O) groups excluding carboxylic acids is 3. The molecule has 1 fully saturated rings. The van der Waals surface area contributed by atoms with Crippen LogP contribution in [-0.4, -0.2) is 43.0 Å². The summed E-state index contributed by atoms with van der Waals surface area (Å²) >= 11 is 0. The Balaban J connectivity index is 1.94. The van der Waals surface area contributed by atoms with E-state index in [0.717, 1.165) is 32.1 Å². The molecule has 1 aromatic rings. The van der Waals surface area contributed by atoms with E-state index in [1.807, 2.05) is 6.92 Å². The lowest BCUT2D eigenvalue weighted by Crippen LogP contribution is -2.37. The highest BCUT2D eigenvalue weighted by molar-refractivity contribution is 6.00. The van der Waals surface area contributed by atoms with Crippen molar-refractivity contribution in [2.75, 3.05) is 20.2 Å². The maximum absolute atomic E-state index is 12.5. The number of amides is 2. The Labute approximate surface area is 154 Å². The maximum Gasteiger partial charge on any atom is 0.339 e. The average molecular weight is 363 g/mol. The van der Waals surface area contributed by atoms with Gasteiger partial charge in [0.15, 0.2) is 0 Å². The molecule has 2 amide bonds. The van der Waals surface area contributed by atoms with Crippen LogP contribution in [0.4, 0.5) is 0 Å². The van der Waals surface area contributed by atoms with Crippen molar-refractivity contribution in [3.63, 3.8) is 0 Å². The van der Waals surface area contributed by atoms with Gasteiger partial charge in [0.25, 0.3) is 5.91 Å². The number of aryl methyl sites for hydroxylation is 1. The molecule has 0 saturated heterocycles. The molecule has 1 aromatic heterocycles. The van der Waals surface area contributed by atoms with Crippen LogP contribution in [0, 0.1) is 12.8 Å². The molecule has 0 aromatic carbocycles. The van der Waals surface area contributed by atoms with Crippen molar-refractivity contribution in [1.29, 1.82) is 0 Å². The summed E-state index contributed by atoms with van der Waals surface area (Å²) in [6.07, 6.45) is 5.55. The zero-order valence-corrected chi connectivity index (χ0v) is 15.9. The van der Waals surface area contributed by atoms with Gasteiger partial charge in [0.05, 0.1) is 12.7 Å². The minimum atomic E-state index is -0.440. The second kappa shape index (κ2) is 9.40. The number of rotatable bonds is 8. The quantitative estimate of drug-likeness (QED) is 0.486. The second-order valence-corrected chi connectivity index (χ2v) is 6.75. The summed E-state index contributed by atoms with van der Waals surface area (Å²) < 4.78 is 4.83. The minimum absolute atomic E-state index is 0.0760. The molecule has 1 heterocycles. The average Bonchev–Trinajstić information content (AvgIpc) is 3.26. The molecule has 1 aliphatic rings. The van der Waals surface area contributed by atoms with Crippen LogP contribution in [0.25, 0.3) is 0 Å². The monoisotopic (exact) mass is 363 g/mol. The van der Waals surface area contributed by atoms with Crippen LogP contribution >= 0.6 is 0 Å². The maximum atomic E-state index is 12.5. The summed E-state index contributed by atoms with van der Waals surface area (Å²) in [6, 6.07) is 0. The number of H-pyrrole nitrogens is 1. The molecule has 0 bridgehead atoms. The van der Waals surface area contributed by atoms with Crippen molar-refractivity contribution in [3.8, 4) is 0 Å². The number of aromatic amines is 1. The molecule has 0 spiro atoms. The molecule has 7 nitrogen and oxygen atoms in total. The van der Waals surface area contributed by atoms with E-state index < -0.39 is 5.97 Å². The van der Waals surface area contributed by atoms with E-state index >= 15 is 0 Å². The fourth-order valence-corrected chi connectivity index (χ4v) is 3.53. The Morgan fingerprint density at radius 1 is 1.15 bits per heavy atom. The molecule has 144 valence electrons. The molecular weight excluding hydrogens is 334 g/mol. The number of methoxy groups -OCH3 is 1. The number of esters is 1. The fraction of sp³-hybridized carbons (Fsp3) is 0.632. The fourth-order valence-electron chi connectivity index (χ4n) is 3.53. The number of hydrogen-bond donors (Lipinski definition) is 3. The van der Waals surface area contributed by atoms with E-state index in [4.69, 9.17) is 4.74 Å². The standard InChI is InChI=1S/C19H29N3O4/c1-4-7-14-15(19(25)26-3)12(2)22-16(14)18(24)21-11-10-20-17(23)13-8-5-6-9-13/h13,22H,4-11H2,1-3H3,(H,20,23)(H,21,24). The van der Waals surface area contributed by atoms with Crippen LogP contribution < -0.4 is 10.6 Å². The molecule has 7 heteroatoms. The zero-order valence-electron chi connectivity index (χ0n) is 15.9. The van der Waals surface area contributed by atoms with Crippen LogP contribution in [0.15, 0.2) is 0 Å². The van der Waals surface area contributed by atoms with E-state index in [0.29, 0.717) is 42.0 Å². The Kier molecular flexibility index (Phi) is 7.24. The first kappa shape index (κ1) is 20.0. The second-order valence-electron chi connectivity index (χ2n) is 6.75. The van der Waals surface area contributed by atoms with Gasteiger partial charge < -0.3 is 20.4 Å². The van der Waals surface area contributed by atoms with Gasteiger partial charge in [-0.3, -0.25) is 9.59 Å². The molecule has 26 heavy (non-hydrogen) atoms. The zero-order chi connectivity index (χ0) is 19.1.